The van der Waals surface area contributed by atoms with E-state index in [1.165, 1.54) is 12.8 Å². The van der Waals surface area contributed by atoms with Crippen LogP contribution < -0.4 is 0 Å². The molecule has 1 unspecified atom stereocenters. The molecule has 6 heteroatoms. The first-order chi connectivity index (χ1) is 12.0. The van der Waals surface area contributed by atoms with Gasteiger partial charge in [-0.3, -0.25) is 9.69 Å². The molecule has 1 atom stereocenters. The monoisotopic (exact) mass is 341 g/mol. The van der Waals surface area contributed by atoms with Crippen molar-refractivity contribution in [3.8, 4) is 0 Å². The molecule has 1 fully saturated rings. The third-order valence-corrected chi connectivity index (χ3v) is 4.64. The Kier molecular flexibility index (Phi) is 5.48. The topological polar surface area (TPSA) is 54.3 Å². The largest absolute Gasteiger partial charge is 0.345 e. The molecule has 0 saturated carbocycles. The summed E-state index contributed by atoms with van der Waals surface area (Å²) >= 11 is 0. The van der Waals surface area contributed by atoms with Gasteiger partial charge in [0.1, 0.15) is 0 Å². The first-order valence-corrected chi connectivity index (χ1v) is 8.93. The second-order valence-electron chi connectivity index (χ2n) is 7.29. The highest BCUT2D eigenvalue weighted by Gasteiger charge is 2.17. The summed E-state index contributed by atoms with van der Waals surface area (Å²) < 4.78 is 1.85. The van der Waals surface area contributed by atoms with Crippen molar-refractivity contribution in [1.82, 2.24) is 24.8 Å². The van der Waals surface area contributed by atoms with E-state index in [0.717, 1.165) is 36.8 Å². The molecule has 1 aromatic carbocycles. The quantitative estimate of drug-likeness (QED) is 0.837. The summed E-state index contributed by atoms with van der Waals surface area (Å²) in [4.78, 5) is 16.1. The van der Waals surface area contributed by atoms with Crippen LogP contribution in [0.3, 0.4) is 0 Å². The zero-order valence-electron chi connectivity index (χ0n) is 15.4. The molecule has 1 amide bonds. The van der Waals surface area contributed by atoms with Crippen LogP contribution in [-0.4, -0.2) is 57.9 Å². The Morgan fingerprint density at radius 3 is 2.92 bits per heavy atom. The maximum Gasteiger partial charge on any atom is 0.253 e. The van der Waals surface area contributed by atoms with E-state index in [-0.39, 0.29) is 5.91 Å². The SMILES string of the molecule is CC1CCCN(Cc2cn(Cc3cccc(C(=O)N(C)C)c3)nn2)C1. The van der Waals surface area contributed by atoms with Gasteiger partial charge in [0.15, 0.2) is 0 Å². The van der Waals surface area contributed by atoms with Crippen LogP contribution in [0.2, 0.25) is 0 Å². The highest BCUT2D eigenvalue weighted by molar-refractivity contribution is 5.94. The van der Waals surface area contributed by atoms with Crippen LogP contribution in [0.15, 0.2) is 30.5 Å². The van der Waals surface area contributed by atoms with E-state index < -0.39 is 0 Å². The number of likely N-dealkylation sites (tertiary alicyclic amines) is 1. The van der Waals surface area contributed by atoms with Crippen LogP contribution in [0.4, 0.5) is 0 Å². The molecule has 0 N–H and O–H groups in total. The molecular weight excluding hydrogens is 314 g/mol. The molecule has 1 aliphatic heterocycles. The molecule has 0 bridgehead atoms. The molecule has 2 heterocycles. The first kappa shape index (κ1) is 17.6. The number of hydrogen-bond donors (Lipinski definition) is 0. The van der Waals surface area contributed by atoms with Gasteiger partial charge in [0.05, 0.1) is 18.4 Å². The van der Waals surface area contributed by atoms with Gasteiger partial charge < -0.3 is 4.90 Å². The summed E-state index contributed by atoms with van der Waals surface area (Å²) in [5.41, 5.74) is 2.76. The summed E-state index contributed by atoms with van der Waals surface area (Å²) in [5.74, 6) is 0.779. The minimum atomic E-state index is 0.0142. The second-order valence-corrected chi connectivity index (χ2v) is 7.29. The zero-order valence-corrected chi connectivity index (χ0v) is 15.4. The fraction of sp³-hybridized carbons (Fsp3) is 0.526. The van der Waals surface area contributed by atoms with Gasteiger partial charge >= 0.3 is 0 Å². The van der Waals surface area contributed by atoms with Crippen molar-refractivity contribution in [3.63, 3.8) is 0 Å². The third kappa shape index (κ3) is 4.66. The van der Waals surface area contributed by atoms with Gasteiger partial charge in [-0.15, -0.1) is 5.10 Å². The molecule has 0 radical (unpaired) electrons. The van der Waals surface area contributed by atoms with Gasteiger partial charge in [0.2, 0.25) is 0 Å². The Hall–Kier alpha value is -2.21. The number of benzene rings is 1. The number of amides is 1. The summed E-state index contributed by atoms with van der Waals surface area (Å²) in [6.07, 6.45) is 4.60. The fourth-order valence-electron chi connectivity index (χ4n) is 3.40. The lowest BCUT2D eigenvalue weighted by atomic mass is 10.0. The van der Waals surface area contributed by atoms with Gasteiger partial charge in [-0.2, -0.15) is 0 Å². The van der Waals surface area contributed by atoms with Gasteiger partial charge in [-0.05, 0) is 43.0 Å². The van der Waals surface area contributed by atoms with E-state index >= 15 is 0 Å². The van der Waals surface area contributed by atoms with E-state index in [2.05, 4.69) is 22.1 Å². The average molecular weight is 341 g/mol. The highest BCUT2D eigenvalue weighted by atomic mass is 16.2. The predicted octanol–water partition coefficient (Wildman–Crippen LogP) is 2.26. The van der Waals surface area contributed by atoms with Gasteiger partial charge in [-0.1, -0.05) is 24.3 Å². The molecule has 3 rings (SSSR count). The molecule has 1 aliphatic rings. The standard InChI is InChI=1S/C19H27N5O/c1-15-6-5-9-23(11-15)13-18-14-24(21-20-18)12-16-7-4-8-17(10-16)19(25)22(2)3/h4,7-8,10,14-15H,5-6,9,11-13H2,1-3H3. The Morgan fingerprint density at radius 2 is 2.16 bits per heavy atom. The van der Waals surface area contributed by atoms with E-state index in [1.54, 1.807) is 19.0 Å². The van der Waals surface area contributed by atoms with Gasteiger partial charge in [0, 0.05) is 32.7 Å². The smallest absolute Gasteiger partial charge is 0.253 e. The molecule has 0 aliphatic carbocycles. The van der Waals surface area contributed by atoms with E-state index in [1.807, 2.05) is 35.1 Å². The Bertz CT molecular complexity index is 724. The van der Waals surface area contributed by atoms with Crippen LogP contribution in [0.25, 0.3) is 0 Å². The average Bonchev–Trinajstić information content (AvgIpc) is 3.01. The lowest BCUT2D eigenvalue weighted by molar-refractivity contribution is 0.0827. The third-order valence-electron chi connectivity index (χ3n) is 4.64. The Labute approximate surface area is 149 Å². The van der Waals surface area contributed by atoms with E-state index in [4.69, 9.17) is 0 Å². The number of aromatic nitrogens is 3. The van der Waals surface area contributed by atoms with Crippen molar-refractivity contribution >= 4 is 5.91 Å². The summed E-state index contributed by atoms with van der Waals surface area (Å²) in [7, 11) is 3.53. The van der Waals surface area contributed by atoms with Gasteiger partial charge in [-0.25, -0.2) is 4.68 Å². The summed E-state index contributed by atoms with van der Waals surface area (Å²) in [5, 5.41) is 8.56. The number of rotatable bonds is 5. The summed E-state index contributed by atoms with van der Waals surface area (Å²) in [6, 6.07) is 7.70. The van der Waals surface area contributed by atoms with Crippen LogP contribution >= 0.6 is 0 Å². The molecular formula is C19H27N5O. The number of piperidine rings is 1. The van der Waals surface area contributed by atoms with Crippen molar-refractivity contribution in [2.24, 2.45) is 5.92 Å². The number of hydrogen-bond acceptors (Lipinski definition) is 4. The van der Waals surface area contributed by atoms with Crippen LogP contribution in [0, 0.1) is 5.92 Å². The number of carbonyl (C=O) groups excluding carboxylic acids is 1. The van der Waals surface area contributed by atoms with Crippen molar-refractivity contribution < 1.29 is 4.79 Å². The van der Waals surface area contributed by atoms with Crippen LogP contribution in [-0.2, 0) is 13.1 Å². The molecule has 134 valence electrons. The zero-order chi connectivity index (χ0) is 17.8. The van der Waals surface area contributed by atoms with Crippen LogP contribution in [0.1, 0.15) is 41.4 Å². The Balaban J connectivity index is 1.63. The number of nitrogens with zero attached hydrogens (tertiary/aromatic N) is 5. The van der Waals surface area contributed by atoms with Crippen molar-refractivity contribution in [2.75, 3.05) is 27.2 Å². The molecule has 25 heavy (non-hydrogen) atoms. The van der Waals surface area contributed by atoms with Crippen molar-refractivity contribution in [1.29, 1.82) is 0 Å². The summed E-state index contributed by atoms with van der Waals surface area (Å²) in [6.45, 7) is 6.08. The molecule has 1 aromatic heterocycles. The lowest BCUT2D eigenvalue weighted by Gasteiger charge is -2.29. The maximum absolute atomic E-state index is 12.1. The minimum absolute atomic E-state index is 0.0142. The Morgan fingerprint density at radius 1 is 1.32 bits per heavy atom. The van der Waals surface area contributed by atoms with Gasteiger partial charge in [0.25, 0.3) is 5.91 Å². The van der Waals surface area contributed by atoms with Crippen molar-refractivity contribution in [3.05, 3.63) is 47.3 Å². The highest BCUT2D eigenvalue weighted by Crippen LogP contribution is 2.17. The predicted molar refractivity (Wildman–Crippen MR) is 97.3 cm³/mol. The molecule has 2 aromatic rings. The second kappa shape index (κ2) is 7.78. The van der Waals surface area contributed by atoms with E-state index in [9.17, 15) is 4.79 Å². The molecule has 1 saturated heterocycles. The molecule has 0 spiro atoms. The number of carbonyl (C=O) groups is 1. The lowest BCUT2D eigenvalue weighted by Crippen LogP contribution is -2.33. The first-order valence-electron chi connectivity index (χ1n) is 8.93. The fourth-order valence-corrected chi connectivity index (χ4v) is 3.40. The van der Waals surface area contributed by atoms with Crippen LogP contribution in [0.5, 0.6) is 0 Å². The normalized spacial score (nSPS) is 18.3. The molecule has 6 nitrogen and oxygen atoms in total. The van der Waals surface area contributed by atoms with Crippen molar-refractivity contribution in [2.45, 2.75) is 32.9 Å². The maximum atomic E-state index is 12.1. The minimum Gasteiger partial charge on any atom is -0.345 e. The van der Waals surface area contributed by atoms with E-state index in [0.29, 0.717) is 12.1 Å².